The number of benzene rings is 1. The lowest BCUT2D eigenvalue weighted by molar-refractivity contribution is 0.203. The number of methoxy groups -OCH3 is 1. The standard InChI is InChI=1S/C10H12Cl2OS/c1-13-7-10(6-11)14-9-4-2-8(12)3-5-9/h2-5,10H,6-7H2,1H3. The fourth-order valence-corrected chi connectivity index (χ4v) is 2.35. The van der Waals surface area contributed by atoms with Crippen LogP contribution in [-0.2, 0) is 4.74 Å². The molecule has 0 aromatic heterocycles. The summed E-state index contributed by atoms with van der Waals surface area (Å²) >= 11 is 13.3. The van der Waals surface area contributed by atoms with Crippen LogP contribution >= 0.6 is 35.0 Å². The maximum absolute atomic E-state index is 5.80. The summed E-state index contributed by atoms with van der Waals surface area (Å²) in [6.45, 7) is 0.663. The highest BCUT2D eigenvalue weighted by Gasteiger charge is 2.08. The summed E-state index contributed by atoms with van der Waals surface area (Å²) < 4.78 is 5.06. The van der Waals surface area contributed by atoms with Gasteiger partial charge in [-0.1, -0.05) is 11.6 Å². The monoisotopic (exact) mass is 250 g/mol. The smallest absolute Gasteiger partial charge is 0.0596 e. The van der Waals surface area contributed by atoms with Gasteiger partial charge in [-0.05, 0) is 24.3 Å². The molecule has 1 aromatic rings. The maximum Gasteiger partial charge on any atom is 0.0596 e. The highest BCUT2D eigenvalue weighted by atomic mass is 35.5. The molecule has 1 aromatic carbocycles. The van der Waals surface area contributed by atoms with Crippen LogP contribution in [0.4, 0.5) is 0 Å². The predicted octanol–water partition coefficient (Wildman–Crippen LogP) is 3.69. The van der Waals surface area contributed by atoms with Crippen LogP contribution in [0.2, 0.25) is 5.02 Å². The van der Waals surface area contributed by atoms with Crippen molar-refractivity contribution in [2.24, 2.45) is 0 Å². The van der Waals surface area contributed by atoms with Gasteiger partial charge in [0.25, 0.3) is 0 Å². The number of thioether (sulfide) groups is 1. The van der Waals surface area contributed by atoms with Gasteiger partial charge in [0, 0.05) is 28.2 Å². The molecule has 0 aliphatic heterocycles. The van der Waals surface area contributed by atoms with Crippen LogP contribution in [0.25, 0.3) is 0 Å². The largest absolute Gasteiger partial charge is 0.383 e. The Bertz CT molecular complexity index is 263. The van der Waals surface area contributed by atoms with Crippen molar-refractivity contribution in [3.63, 3.8) is 0 Å². The van der Waals surface area contributed by atoms with Crippen molar-refractivity contribution in [3.05, 3.63) is 29.3 Å². The first kappa shape index (κ1) is 12.2. The molecule has 0 saturated carbocycles. The van der Waals surface area contributed by atoms with Crippen LogP contribution in [0.3, 0.4) is 0 Å². The molecule has 4 heteroatoms. The predicted molar refractivity (Wildman–Crippen MR) is 63.7 cm³/mol. The molecule has 0 radical (unpaired) electrons. The highest BCUT2D eigenvalue weighted by Crippen LogP contribution is 2.25. The van der Waals surface area contributed by atoms with E-state index in [0.29, 0.717) is 17.7 Å². The molecule has 1 unspecified atom stereocenters. The number of halogens is 2. The Hall–Kier alpha value is 0.110. The third-order valence-corrected chi connectivity index (χ3v) is 3.63. The Kier molecular flexibility index (Phi) is 5.71. The Balaban J connectivity index is 2.53. The van der Waals surface area contributed by atoms with E-state index in [1.54, 1.807) is 18.9 Å². The average molecular weight is 251 g/mol. The second-order valence-corrected chi connectivity index (χ2v) is 4.92. The normalized spacial score (nSPS) is 12.8. The van der Waals surface area contributed by atoms with Gasteiger partial charge in [-0.25, -0.2) is 0 Å². The molecule has 1 rings (SSSR count). The summed E-state index contributed by atoms with van der Waals surface area (Å²) in [5.41, 5.74) is 0. The molecule has 0 N–H and O–H groups in total. The van der Waals surface area contributed by atoms with Crippen LogP contribution in [-0.4, -0.2) is 24.8 Å². The van der Waals surface area contributed by atoms with Crippen LogP contribution < -0.4 is 0 Å². The molecule has 0 saturated heterocycles. The molecule has 0 spiro atoms. The van der Waals surface area contributed by atoms with Crippen molar-refractivity contribution in [2.45, 2.75) is 10.1 Å². The quantitative estimate of drug-likeness (QED) is 0.583. The van der Waals surface area contributed by atoms with Gasteiger partial charge >= 0.3 is 0 Å². The molecular formula is C10H12Cl2OS. The van der Waals surface area contributed by atoms with E-state index in [2.05, 4.69) is 0 Å². The average Bonchev–Trinajstić information content (AvgIpc) is 2.20. The first-order valence-corrected chi connectivity index (χ1v) is 6.02. The number of hydrogen-bond acceptors (Lipinski definition) is 2. The van der Waals surface area contributed by atoms with E-state index in [0.717, 1.165) is 9.92 Å². The molecule has 0 fully saturated rings. The van der Waals surface area contributed by atoms with E-state index in [1.807, 2.05) is 24.3 Å². The molecule has 1 atom stereocenters. The molecule has 0 aliphatic rings. The SMILES string of the molecule is COCC(CCl)Sc1ccc(Cl)cc1. The molecule has 0 amide bonds. The van der Waals surface area contributed by atoms with Crippen molar-refractivity contribution in [1.82, 2.24) is 0 Å². The molecule has 78 valence electrons. The van der Waals surface area contributed by atoms with E-state index in [1.165, 1.54) is 0 Å². The van der Waals surface area contributed by atoms with Crippen molar-refractivity contribution < 1.29 is 4.74 Å². The van der Waals surface area contributed by atoms with Crippen LogP contribution in [0.5, 0.6) is 0 Å². The van der Waals surface area contributed by atoms with Crippen molar-refractivity contribution in [1.29, 1.82) is 0 Å². The Morgan fingerprint density at radius 1 is 1.36 bits per heavy atom. The summed E-state index contributed by atoms with van der Waals surface area (Å²) in [6, 6.07) is 7.73. The van der Waals surface area contributed by atoms with Gasteiger partial charge in [0.05, 0.1) is 6.61 Å². The minimum absolute atomic E-state index is 0.294. The Morgan fingerprint density at radius 2 is 2.00 bits per heavy atom. The Morgan fingerprint density at radius 3 is 2.50 bits per heavy atom. The first-order valence-electron chi connectivity index (χ1n) is 4.23. The molecule has 1 nitrogen and oxygen atoms in total. The zero-order chi connectivity index (χ0) is 10.4. The lowest BCUT2D eigenvalue weighted by Crippen LogP contribution is -2.11. The van der Waals surface area contributed by atoms with Gasteiger partial charge in [0.1, 0.15) is 0 Å². The number of alkyl halides is 1. The summed E-state index contributed by atoms with van der Waals surface area (Å²) in [5.74, 6) is 0.584. The van der Waals surface area contributed by atoms with Gasteiger partial charge < -0.3 is 4.74 Å². The third-order valence-electron chi connectivity index (χ3n) is 1.64. The minimum Gasteiger partial charge on any atom is -0.383 e. The molecular weight excluding hydrogens is 239 g/mol. The van der Waals surface area contributed by atoms with Gasteiger partial charge in [-0.2, -0.15) is 0 Å². The lowest BCUT2D eigenvalue weighted by Gasteiger charge is -2.11. The van der Waals surface area contributed by atoms with Crippen molar-refractivity contribution in [3.8, 4) is 0 Å². The summed E-state index contributed by atoms with van der Waals surface area (Å²) in [6.07, 6.45) is 0. The summed E-state index contributed by atoms with van der Waals surface area (Å²) in [4.78, 5) is 1.16. The Labute approximate surface area is 98.7 Å². The van der Waals surface area contributed by atoms with Crippen LogP contribution in [0.15, 0.2) is 29.2 Å². The minimum atomic E-state index is 0.294. The van der Waals surface area contributed by atoms with E-state index in [-0.39, 0.29) is 0 Å². The van der Waals surface area contributed by atoms with Crippen molar-refractivity contribution >= 4 is 35.0 Å². The van der Waals surface area contributed by atoms with E-state index in [9.17, 15) is 0 Å². The second-order valence-electron chi connectivity index (χ2n) is 2.80. The number of hydrogen-bond donors (Lipinski definition) is 0. The topological polar surface area (TPSA) is 9.23 Å². The fraction of sp³-hybridized carbons (Fsp3) is 0.400. The summed E-state index contributed by atoms with van der Waals surface area (Å²) in [5, 5.41) is 1.05. The number of ether oxygens (including phenoxy) is 1. The van der Waals surface area contributed by atoms with Crippen LogP contribution in [0, 0.1) is 0 Å². The zero-order valence-corrected chi connectivity index (χ0v) is 10.2. The van der Waals surface area contributed by atoms with E-state index in [4.69, 9.17) is 27.9 Å². The van der Waals surface area contributed by atoms with Gasteiger partial charge in [-0.15, -0.1) is 23.4 Å². The van der Waals surface area contributed by atoms with Gasteiger partial charge in [0.2, 0.25) is 0 Å². The first-order chi connectivity index (χ1) is 6.76. The van der Waals surface area contributed by atoms with E-state index < -0.39 is 0 Å². The molecule has 14 heavy (non-hydrogen) atoms. The lowest BCUT2D eigenvalue weighted by atomic mass is 10.4. The van der Waals surface area contributed by atoms with Crippen molar-refractivity contribution in [2.75, 3.05) is 19.6 Å². The molecule has 0 bridgehead atoms. The number of rotatable bonds is 5. The fourth-order valence-electron chi connectivity index (χ4n) is 1.00. The second kappa shape index (κ2) is 6.57. The zero-order valence-electron chi connectivity index (χ0n) is 7.87. The molecule has 0 heterocycles. The highest BCUT2D eigenvalue weighted by molar-refractivity contribution is 8.00. The maximum atomic E-state index is 5.80. The summed E-state index contributed by atoms with van der Waals surface area (Å²) in [7, 11) is 1.68. The van der Waals surface area contributed by atoms with Crippen LogP contribution in [0.1, 0.15) is 0 Å². The van der Waals surface area contributed by atoms with Gasteiger partial charge in [0.15, 0.2) is 0 Å². The van der Waals surface area contributed by atoms with E-state index >= 15 is 0 Å². The molecule has 0 aliphatic carbocycles. The van der Waals surface area contributed by atoms with Gasteiger partial charge in [-0.3, -0.25) is 0 Å². The third kappa shape index (κ3) is 4.09.